The van der Waals surface area contributed by atoms with Gasteiger partial charge >= 0.3 is 5.97 Å². The Labute approximate surface area is 133 Å². The molecule has 1 aromatic rings. The molecule has 0 saturated heterocycles. The Morgan fingerprint density at radius 3 is 2.48 bits per heavy atom. The lowest BCUT2D eigenvalue weighted by Crippen LogP contribution is -2.42. The van der Waals surface area contributed by atoms with Gasteiger partial charge in [0, 0.05) is 6.07 Å². The lowest BCUT2D eigenvalue weighted by molar-refractivity contribution is -0.145. The molecular weight excluding hydrogens is 304 g/mol. The van der Waals surface area contributed by atoms with Gasteiger partial charge in [-0.05, 0) is 37.8 Å². The number of benzene rings is 1. The fourth-order valence-electron chi connectivity index (χ4n) is 3.32. The predicted molar refractivity (Wildman–Crippen MR) is 81.9 cm³/mol. The highest BCUT2D eigenvalue weighted by molar-refractivity contribution is 5.97. The lowest BCUT2D eigenvalue weighted by atomic mass is 9.67. The van der Waals surface area contributed by atoms with Gasteiger partial charge in [-0.15, -0.1) is 0 Å². The van der Waals surface area contributed by atoms with Crippen molar-refractivity contribution in [3.8, 4) is 0 Å². The predicted octanol–water partition coefficient (Wildman–Crippen LogP) is 3.96. The fraction of sp³-hybridized carbons (Fsp3) is 0.529. The van der Waals surface area contributed by atoms with Crippen LogP contribution in [0.25, 0.3) is 0 Å². The van der Waals surface area contributed by atoms with Crippen molar-refractivity contribution in [2.45, 2.75) is 45.4 Å². The molecule has 1 aromatic carbocycles. The van der Waals surface area contributed by atoms with Crippen LogP contribution in [0.4, 0.5) is 14.5 Å². The molecule has 126 valence electrons. The maximum atomic E-state index is 13.7. The first-order valence-corrected chi connectivity index (χ1v) is 7.81. The highest BCUT2D eigenvalue weighted by atomic mass is 19.1. The average molecular weight is 325 g/mol. The molecule has 1 atom stereocenters. The van der Waals surface area contributed by atoms with Crippen LogP contribution in [0.1, 0.15) is 45.4 Å². The quantitative estimate of drug-likeness (QED) is 0.861. The van der Waals surface area contributed by atoms with Gasteiger partial charge in [-0.3, -0.25) is 9.59 Å². The van der Waals surface area contributed by atoms with E-state index in [1.807, 2.05) is 0 Å². The van der Waals surface area contributed by atoms with E-state index in [1.165, 1.54) is 0 Å². The summed E-state index contributed by atoms with van der Waals surface area (Å²) in [5.41, 5.74) is -1.25. The number of amides is 1. The van der Waals surface area contributed by atoms with Crippen LogP contribution in [0.5, 0.6) is 0 Å². The van der Waals surface area contributed by atoms with Crippen molar-refractivity contribution in [2.24, 2.45) is 11.3 Å². The topological polar surface area (TPSA) is 66.4 Å². The third kappa shape index (κ3) is 4.06. The number of carbonyl (C=O) groups excluding carboxylic acids is 1. The van der Waals surface area contributed by atoms with Crippen molar-refractivity contribution in [1.29, 1.82) is 0 Å². The third-order valence-electron chi connectivity index (χ3n) is 4.72. The van der Waals surface area contributed by atoms with Gasteiger partial charge in [-0.25, -0.2) is 8.78 Å². The molecule has 0 spiro atoms. The van der Waals surface area contributed by atoms with Crippen LogP contribution >= 0.6 is 0 Å². The Hall–Kier alpha value is -1.98. The molecular formula is C17H21F2NO3. The summed E-state index contributed by atoms with van der Waals surface area (Å²) in [5.74, 6) is -3.26. The molecule has 0 bridgehead atoms. The molecule has 1 aliphatic carbocycles. The summed E-state index contributed by atoms with van der Waals surface area (Å²) < 4.78 is 26.7. The zero-order valence-electron chi connectivity index (χ0n) is 13.1. The van der Waals surface area contributed by atoms with Crippen LogP contribution in [-0.2, 0) is 9.59 Å². The number of nitrogens with one attached hydrogen (secondary N) is 1. The smallest absolute Gasteiger partial charge is 0.304 e. The number of carbonyl (C=O) groups is 2. The first kappa shape index (κ1) is 17.4. The molecule has 1 aliphatic rings. The van der Waals surface area contributed by atoms with Gasteiger partial charge in [-0.2, -0.15) is 0 Å². The summed E-state index contributed by atoms with van der Waals surface area (Å²) in [6, 6.07) is 2.88. The van der Waals surface area contributed by atoms with Crippen LogP contribution in [0.3, 0.4) is 0 Å². The Bertz CT molecular complexity index is 600. The molecule has 1 unspecified atom stereocenters. The zero-order valence-corrected chi connectivity index (χ0v) is 13.1. The Morgan fingerprint density at radius 2 is 1.91 bits per heavy atom. The van der Waals surface area contributed by atoms with Crippen molar-refractivity contribution in [3.63, 3.8) is 0 Å². The molecule has 6 heteroatoms. The number of aliphatic carboxylic acids is 1. The van der Waals surface area contributed by atoms with Crippen molar-refractivity contribution in [2.75, 3.05) is 5.32 Å². The van der Waals surface area contributed by atoms with E-state index in [0.29, 0.717) is 6.07 Å². The van der Waals surface area contributed by atoms with Crippen molar-refractivity contribution in [3.05, 3.63) is 29.8 Å². The summed E-state index contributed by atoms with van der Waals surface area (Å²) >= 11 is 0. The highest BCUT2D eigenvalue weighted by Gasteiger charge is 2.43. The van der Waals surface area contributed by atoms with Gasteiger partial charge in [0.1, 0.15) is 11.6 Å². The van der Waals surface area contributed by atoms with Crippen LogP contribution in [-0.4, -0.2) is 17.0 Å². The number of carboxylic acid groups (broad SMARTS) is 1. The van der Waals surface area contributed by atoms with Gasteiger partial charge < -0.3 is 10.4 Å². The summed E-state index contributed by atoms with van der Waals surface area (Å²) in [4.78, 5) is 23.9. The molecule has 0 aliphatic heterocycles. The van der Waals surface area contributed by atoms with E-state index in [0.717, 1.165) is 44.2 Å². The van der Waals surface area contributed by atoms with E-state index in [2.05, 4.69) is 5.32 Å². The molecule has 23 heavy (non-hydrogen) atoms. The van der Waals surface area contributed by atoms with Crippen LogP contribution in [0, 0.1) is 23.0 Å². The van der Waals surface area contributed by atoms with Crippen molar-refractivity contribution in [1.82, 2.24) is 0 Å². The summed E-state index contributed by atoms with van der Waals surface area (Å²) in [7, 11) is 0. The van der Waals surface area contributed by atoms with Crippen molar-refractivity contribution >= 4 is 17.6 Å². The average Bonchev–Trinajstić information content (AvgIpc) is 2.50. The fourth-order valence-corrected chi connectivity index (χ4v) is 3.32. The largest absolute Gasteiger partial charge is 0.481 e. The molecule has 1 saturated carbocycles. The van der Waals surface area contributed by atoms with Crippen molar-refractivity contribution < 1.29 is 23.5 Å². The minimum atomic E-state index is -1.12. The summed E-state index contributed by atoms with van der Waals surface area (Å²) in [6.45, 7) is 1.62. The van der Waals surface area contributed by atoms with E-state index < -0.39 is 28.9 Å². The SMILES string of the molecule is CC(CC(=O)O)(C(=O)Nc1ccc(F)cc1F)C1CCCCC1. The maximum absolute atomic E-state index is 13.7. The molecule has 0 radical (unpaired) electrons. The number of rotatable bonds is 5. The van der Waals surface area contributed by atoms with Crippen LogP contribution < -0.4 is 5.32 Å². The second-order valence-electron chi connectivity index (χ2n) is 6.40. The third-order valence-corrected chi connectivity index (χ3v) is 4.72. The van der Waals surface area contributed by atoms with Gasteiger partial charge in [0.05, 0.1) is 17.5 Å². The lowest BCUT2D eigenvalue weighted by Gasteiger charge is -2.37. The normalized spacial score (nSPS) is 18.2. The van der Waals surface area contributed by atoms with E-state index in [4.69, 9.17) is 0 Å². The van der Waals surface area contributed by atoms with Gasteiger partial charge in [0.2, 0.25) is 5.91 Å². The maximum Gasteiger partial charge on any atom is 0.304 e. The standard InChI is InChI=1S/C17H21F2NO3/c1-17(10-15(21)22,11-5-3-2-4-6-11)16(23)20-14-8-7-12(18)9-13(14)19/h7-9,11H,2-6,10H2,1H3,(H,20,23)(H,21,22). The molecule has 1 fully saturated rings. The van der Waals surface area contributed by atoms with E-state index >= 15 is 0 Å². The molecule has 2 N–H and O–H groups in total. The molecule has 2 rings (SSSR count). The highest BCUT2D eigenvalue weighted by Crippen LogP contribution is 2.42. The number of anilines is 1. The van der Waals surface area contributed by atoms with Gasteiger partial charge in [0.25, 0.3) is 0 Å². The first-order valence-electron chi connectivity index (χ1n) is 7.81. The number of carboxylic acids is 1. The first-order chi connectivity index (χ1) is 10.8. The molecule has 0 heterocycles. The van der Waals surface area contributed by atoms with E-state index in [9.17, 15) is 23.5 Å². The number of hydrogen-bond acceptors (Lipinski definition) is 2. The number of halogens is 2. The minimum absolute atomic E-state index is 0.0594. The van der Waals surface area contributed by atoms with Gasteiger partial charge in [0.15, 0.2) is 0 Å². The summed E-state index contributed by atoms with van der Waals surface area (Å²) in [5, 5.41) is 11.6. The molecule has 0 aromatic heterocycles. The zero-order chi connectivity index (χ0) is 17.0. The van der Waals surface area contributed by atoms with E-state index in [-0.39, 0.29) is 18.0 Å². The minimum Gasteiger partial charge on any atom is -0.481 e. The summed E-state index contributed by atoms with van der Waals surface area (Å²) in [6.07, 6.45) is 4.24. The monoisotopic (exact) mass is 325 g/mol. The Kier molecular flexibility index (Phi) is 5.34. The second-order valence-corrected chi connectivity index (χ2v) is 6.40. The molecule has 4 nitrogen and oxygen atoms in total. The van der Waals surface area contributed by atoms with Gasteiger partial charge in [-0.1, -0.05) is 19.3 Å². The molecule has 1 amide bonds. The number of hydrogen-bond donors (Lipinski definition) is 2. The van der Waals surface area contributed by atoms with Crippen LogP contribution in [0.15, 0.2) is 18.2 Å². The Morgan fingerprint density at radius 1 is 1.26 bits per heavy atom. The van der Waals surface area contributed by atoms with Crippen LogP contribution in [0.2, 0.25) is 0 Å². The second kappa shape index (κ2) is 7.06. The van der Waals surface area contributed by atoms with E-state index in [1.54, 1.807) is 6.92 Å². The Balaban J connectivity index is 2.23.